The van der Waals surface area contributed by atoms with E-state index in [1.165, 1.54) is 6.07 Å². The highest BCUT2D eigenvalue weighted by Gasteiger charge is 2.45. The quantitative estimate of drug-likeness (QED) is 0.887. The van der Waals surface area contributed by atoms with Gasteiger partial charge in [0.1, 0.15) is 6.26 Å². The van der Waals surface area contributed by atoms with Crippen LogP contribution >= 0.6 is 11.6 Å². The minimum absolute atomic E-state index is 0.00708. The molecule has 0 radical (unpaired) electrons. The number of benzene rings is 1. The number of carbonyl (C=O) groups excluding carboxylic acids is 1. The highest BCUT2D eigenvalue weighted by atomic mass is 35.5. The molecule has 114 valence electrons. The number of nitrogens with one attached hydrogen (secondary N) is 1. The topological polar surface area (TPSA) is 79.5 Å². The SMILES string of the molecule is O=C(O)c1coc(C(=O)NCC2(c3ccccc3Cl)CC2)c1. The van der Waals surface area contributed by atoms with Crippen molar-refractivity contribution in [2.45, 2.75) is 18.3 Å². The van der Waals surface area contributed by atoms with E-state index in [1.54, 1.807) is 0 Å². The van der Waals surface area contributed by atoms with Crippen molar-refractivity contribution >= 4 is 23.5 Å². The summed E-state index contributed by atoms with van der Waals surface area (Å²) in [7, 11) is 0. The molecule has 1 fully saturated rings. The fourth-order valence-electron chi connectivity index (χ4n) is 2.49. The van der Waals surface area contributed by atoms with E-state index >= 15 is 0 Å². The maximum atomic E-state index is 12.0. The summed E-state index contributed by atoms with van der Waals surface area (Å²) in [6.07, 6.45) is 2.96. The number of furan rings is 1. The van der Waals surface area contributed by atoms with Crippen molar-refractivity contribution < 1.29 is 19.1 Å². The number of halogens is 1. The normalized spacial score (nSPS) is 15.3. The summed E-state index contributed by atoms with van der Waals surface area (Å²) in [5.74, 6) is -1.56. The Kier molecular flexibility index (Phi) is 3.66. The van der Waals surface area contributed by atoms with Gasteiger partial charge in [0, 0.05) is 23.0 Å². The largest absolute Gasteiger partial charge is 0.478 e. The van der Waals surface area contributed by atoms with Crippen molar-refractivity contribution in [3.63, 3.8) is 0 Å². The van der Waals surface area contributed by atoms with Gasteiger partial charge >= 0.3 is 5.97 Å². The Morgan fingerprint density at radius 3 is 2.64 bits per heavy atom. The molecule has 0 atom stereocenters. The highest BCUT2D eigenvalue weighted by molar-refractivity contribution is 6.31. The lowest BCUT2D eigenvalue weighted by molar-refractivity contribution is 0.0696. The van der Waals surface area contributed by atoms with Crippen LogP contribution in [0.3, 0.4) is 0 Å². The molecular weight excluding hydrogens is 306 g/mol. The Balaban J connectivity index is 1.68. The number of hydrogen-bond acceptors (Lipinski definition) is 3. The Morgan fingerprint density at radius 1 is 1.32 bits per heavy atom. The van der Waals surface area contributed by atoms with Crippen LogP contribution in [-0.2, 0) is 5.41 Å². The average molecular weight is 320 g/mol. The first-order valence-corrected chi connectivity index (χ1v) is 7.25. The monoisotopic (exact) mass is 319 g/mol. The highest BCUT2D eigenvalue weighted by Crippen LogP contribution is 2.49. The van der Waals surface area contributed by atoms with E-state index in [9.17, 15) is 9.59 Å². The summed E-state index contributed by atoms with van der Waals surface area (Å²) in [5, 5.41) is 12.3. The summed E-state index contributed by atoms with van der Waals surface area (Å²) >= 11 is 6.22. The second-order valence-corrected chi connectivity index (χ2v) is 5.85. The number of hydrogen-bond donors (Lipinski definition) is 2. The number of aromatic carboxylic acids is 1. The minimum atomic E-state index is -1.13. The summed E-state index contributed by atoms with van der Waals surface area (Å²) in [5.41, 5.74) is 0.857. The first kappa shape index (κ1) is 14.7. The third-order valence-electron chi connectivity index (χ3n) is 3.96. The molecule has 0 saturated heterocycles. The van der Waals surface area contributed by atoms with Crippen LogP contribution in [0.5, 0.6) is 0 Å². The molecule has 22 heavy (non-hydrogen) atoms. The fraction of sp³-hybridized carbons (Fsp3) is 0.250. The molecule has 1 aliphatic rings. The van der Waals surface area contributed by atoms with Gasteiger partial charge in [0.2, 0.25) is 0 Å². The lowest BCUT2D eigenvalue weighted by Gasteiger charge is -2.17. The molecule has 5 nitrogen and oxygen atoms in total. The molecule has 1 amide bonds. The molecule has 6 heteroatoms. The van der Waals surface area contributed by atoms with Crippen molar-refractivity contribution in [2.24, 2.45) is 0 Å². The van der Waals surface area contributed by atoms with Gasteiger partial charge in [-0.3, -0.25) is 4.79 Å². The maximum absolute atomic E-state index is 12.0. The van der Waals surface area contributed by atoms with Crippen LogP contribution in [0.15, 0.2) is 41.0 Å². The van der Waals surface area contributed by atoms with E-state index in [0.717, 1.165) is 24.7 Å². The number of carboxylic acids is 1. The van der Waals surface area contributed by atoms with Crippen LogP contribution in [0, 0.1) is 0 Å². The standard InChI is InChI=1S/C16H14ClNO4/c17-12-4-2-1-3-11(12)16(5-6-16)9-18-14(19)13-7-10(8-22-13)15(20)21/h1-4,7-8H,5-6,9H2,(H,18,19)(H,20,21). The molecule has 0 bridgehead atoms. The van der Waals surface area contributed by atoms with Crippen LogP contribution in [0.25, 0.3) is 0 Å². The van der Waals surface area contributed by atoms with Gasteiger partial charge in [-0.2, -0.15) is 0 Å². The zero-order chi connectivity index (χ0) is 15.7. The molecule has 2 N–H and O–H groups in total. The molecule has 1 aromatic carbocycles. The third kappa shape index (κ3) is 2.72. The summed E-state index contributed by atoms with van der Waals surface area (Å²) in [4.78, 5) is 22.8. The predicted molar refractivity (Wildman–Crippen MR) is 80.4 cm³/mol. The van der Waals surface area contributed by atoms with Crippen LogP contribution < -0.4 is 5.32 Å². The fourth-order valence-corrected chi connectivity index (χ4v) is 2.82. The second kappa shape index (κ2) is 5.50. The van der Waals surface area contributed by atoms with E-state index in [-0.39, 0.29) is 16.7 Å². The lowest BCUT2D eigenvalue weighted by Crippen LogP contribution is -2.32. The molecule has 1 aliphatic carbocycles. The van der Waals surface area contributed by atoms with Crippen LogP contribution in [0.2, 0.25) is 5.02 Å². The molecule has 0 spiro atoms. The van der Waals surface area contributed by atoms with Crippen LogP contribution in [0.4, 0.5) is 0 Å². The Labute approximate surface area is 131 Å². The van der Waals surface area contributed by atoms with Crippen molar-refractivity contribution in [2.75, 3.05) is 6.54 Å². The van der Waals surface area contributed by atoms with Gasteiger partial charge < -0.3 is 14.8 Å². The minimum Gasteiger partial charge on any atom is -0.478 e. The van der Waals surface area contributed by atoms with E-state index < -0.39 is 11.9 Å². The van der Waals surface area contributed by atoms with Gasteiger partial charge in [0.05, 0.1) is 5.56 Å². The molecule has 2 aromatic rings. The Morgan fingerprint density at radius 2 is 2.05 bits per heavy atom. The number of carboxylic acid groups (broad SMARTS) is 1. The second-order valence-electron chi connectivity index (χ2n) is 5.45. The summed E-state index contributed by atoms with van der Waals surface area (Å²) in [6, 6.07) is 8.82. The van der Waals surface area contributed by atoms with Gasteiger partial charge in [0.15, 0.2) is 5.76 Å². The molecule has 0 aliphatic heterocycles. The van der Waals surface area contributed by atoms with E-state index in [2.05, 4.69) is 5.32 Å². The zero-order valence-electron chi connectivity index (χ0n) is 11.6. The van der Waals surface area contributed by atoms with E-state index in [0.29, 0.717) is 11.6 Å². The van der Waals surface area contributed by atoms with Gasteiger partial charge in [0.25, 0.3) is 5.91 Å². The van der Waals surface area contributed by atoms with Gasteiger partial charge in [-0.1, -0.05) is 29.8 Å². The van der Waals surface area contributed by atoms with Crippen molar-refractivity contribution in [3.05, 3.63) is 58.5 Å². The maximum Gasteiger partial charge on any atom is 0.338 e. The Bertz CT molecular complexity index is 733. The van der Waals surface area contributed by atoms with E-state index in [4.69, 9.17) is 21.1 Å². The summed E-state index contributed by atoms with van der Waals surface area (Å²) < 4.78 is 4.98. The van der Waals surface area contributed by atoms with Crippen LogP contribution in [-0.4, -0.2) is 23.5 Å². The lowest BCUT2D eigenvalue weighted by atomic mass is 9.96. The molecular formula is C16H14ClNO4. The van der Waals surface area contributed by atoms with Crippen LogP contribution in [0.1, 0.15) is 39.3 Å². The number of rotatable bonds is 5. The van der Waals surface area contributed by atoms with Gasteiger partial charge in [-0.25, -0.2) is 4.79 Å². The first-order valence-electron chi connectivity index (χ1n) is 6.87. The first-order chi connectivity index (χ1) is 10.5. The summed E-state index contributed by atoms with van der Waals surface area (Å²) in [6.45, 7) is 0.443. The van der Waals surface area contributed by atoms with Crippen molar-refractivity contribution in [3.8, 4) is 0 Å². The number of amides is 1. The smallest absolute Gasteiger partial charge is 0.338 e. The predicted octanol–water partition coefficient (Wildman–Crippen LogP) is 3.09. The molecule has 0 unspecified atom stereocenters. The van der Waals surface area contributed by atoms with Gasteiger partial charge in [-0.15, -0.1) is 0 Å². The third-order valence-corrected chi connectivity index (χ3v) is 4.29. The molecule has 1 aromatic heterocycles. The Hall–Kier alpha value is -2.27. The van der Waals surface area contributed by atoms with E-state index in [1.807, 2.05) is 24.3 Å². The molecule has 1 heterocycles. The molecule has 1 saturated carbocycles. The van der Waals surface area contributed by atoms with Crippen molar-refractivity contribution in [1.29, 1.82) is 0 Å². The average Bonchev–Trinajstić information content (AvgIpc) is 3.10. The number of carbonyl (C=O) groups is 2. The zero-order valence-corrected chi connectivity index (χ0v) is 12.4. The van der Waals surface area contributed by atoms with Crippen molar-refractivity contribution in [1.82, 2.24) is 5.32 Å². The molecule has 3 rings (SSSR count). The van der Waals surface area contributed by atoms with Gasteiger partial charge in [-0.05, 0) is 24.5 Å².